The van der Waals surface area contributed by atoms with Crippen molar-refractivity contribution in [3.63, 3.8) is 0 Å². The molecule has 0 saturated carbocycles. The first-order valence-corrected chi connectivity index (χ1v) is 11.1. The molecule has 0 bridgehead atoms. The molecule has 0 saturated heterocycles. The molecule has 6 nitrogen and oxygen atoms in total. The van der Waals surface area contributed by atoms with Crippen molar-refractivity contribution in [3.8, 4) is 0 Å². The number of rotatable bonds is 6. The summed E-state index contributed by atoms with van der Waals surface area (Å²) in [6.45, 7) is 0. The van der Waals surface area contributed by atoms with Crippen LogP contribution < -0.4 is 15.7 Å². The molecule has 0 aromatic heterocycles. The molecule has 0 aliphatic carbocycles. The molecule has 1 atom stereocenters. The second-order valence-electron chi connectivity index (χ2n) is 6.96. The van der Waals surface area contributed by atoms with Gasteiger partial charge in [0.05, 0.1) is 11.1 Å². The van der Waals surface area contributed by atoms with Crippen LogP contribution in [0.5, 0.6) is 0 Å². The van der Waals surface area contributed by atoms with E-state index in [1.165, 1.54) is 12.1 Å². The van der Waals surface area contributed by atoms with Crippen LogP contribution in [0.4, 0.5) is 5.69 Å². The summed E-state index contributed by atoms with van der Waals surface area (Å²) in [5.41, 5.74) is 0.111. The zero-order valence-corrected chi connectivity index (χ0v) is 17.1. The van der Waals surface area contributed by atoms with Crippen molar-refractivity contribution in [1.82, 2.24) is 0 Å². The monoisotopic (exact) mass is 431 g/mol. The summed E-state index contributed by atoms with van der Waals surface area (Å²) in [4.78, 5) is 23.2. The highest BCUT2D eigenvalue weighted by Crippen LogP contribution is 2.45. The quantitative estimate of drug-likeness (QED) is 0.386. The van der Waals surface area contributed by atoms with E-state index in [4.69, 9.17) is 0 Å². The molecule has 4 aromatic rings. The summed E-state index contributed by atoms with van der Waals surface area (Å²) in [7, 11) is -3.66. The highest BCUT2D eigenvalue weighted by Gasteiger charge is 2.30. The third-order valence-electron chi connectivity index (χ3n) is 4.96. The lowest BCUT2D eigenvalue weighted by molar-refractivity contribution is 0.0696. The molecule has 3 N–H and O–H groups in total. The fraction of sp³-hybridized carbons (Fsp3) is 0. The van der Waals surface area contributed by atoms with Gasteiger partial charge in [0.25, 0.3) is 0 Å². The van der Waals surface area contributed by atoms with E-state index >= 15 is 0 Å². The van der Waals surface area contributed by atoms with Gasteiger partial charge < -0.3 is 15.3 Å². The van der Waals surface area contributed by atoms with E-state index in [9.17, 15) is 24.4 Å². The largest absolute Gasteiger partial charge is 0.478 e. The van der Waals surface area contributed by atoms with Crippen LogP contribution in [-0.2, 0) is 4.57 Å². The maximum Gasteiger partial charge on any atom is 0.335 e. The Labute approximate surface area is 178 Å². The Bertz CT molecular complexity index is 1310. The number of anilines is 1. The van der Waals surface area contributed by atoms with E-state index in [0.29, 0.717) is 11.0 Å². The zero-order valence-electron chi connectivity index (χ0n) is 16.2. The number of benzene rings is 4. The van der Waals surface area contributed by atoms with E-state index in [0.717, 1.165) is 16.8 Å². The van der Waals surface area contributed by atoms with Crippen LogP contribution in [0.3, 0.4) is 0 Å². The molecule has 0 fully saturated rings. The van der Waals surface area contributed by atoms with Gasteiger partial charge in [0, 0.05) is 21.7 Å². The third-order valence-corrected chi connectivity index (χ3v) is 7.53. The highest BCUT2D eigenvalue weighted by atomic mass is 31.2. The van der Waals surface area contributed by atoms with E-state index in [-0.39, 0.29) is 16.4 Å². The molecule has 31 heavy (non-hydrogen) atoms. The van der Waals surface area contributed by atoms with Crippen molar-refractivity contribution < 1.29 is 24.4 Å². The Balaban J connectivity index is 1.97. The lowest BCUT2D eigenvalue weighted by Gasteiger charge is -2.23. The van der Waals surface area contributed by atoms with Crippen LogP contribution in [0.15, 0.2) is 91.0 Å². The molecular formula is C24H18NO5P. The summed E-state index contributed by atoms with van der Waals surface area (Å²) in [6.07, 6.45) is 0. The summed E-state index contributed by atoms with van der Waals surface area (Å²) in [5.74, 6) is -2.59. The van der Waals surface area contributed by atoms with E-state index in [2.05, 4.69) is 5.09 Å². The van der Waals surface area contributed by atoms with Crippen LogP contribution in [0.1, 0.15) is 20.7 Å². The normalized spacial score (nSPS) is 12.8. The molecule has 4 aromatic carbocycles. The molecule has 0 spiro atoms. The minimum absolute atomic E-state index is 0.101. The standard InChI is InChI=1S/C24H18NO5P/c26-23(27)17-13-18(24(28)29)15-20(14-17)31(30,19-9-2-1-3-10-19)25-22-12-6-8-16-7-4-5-11-21(16)22/h1-15H,(H,25,30)(H,26,27)(H,28,29). The Morgan fingerprint density at radius 1 is 0.677 bits per heavy atom. The van der Waals surface area contributed by atoms with Crippen molar-refractivity contribution >= 4 is 46.3 Å². The molecule has 4 rings (SSSR count). The summed E-state index contributed by atoms with van der Waals surface area (Å²) >= 11 is 0. The third kappa shape index (κ3) is 3.93. The number of carboxylic acid groups (broad SMARTS) is 2. The van der Waals surface area contributed by atoms with Crippen molar-refractivity contribution in [2.45, 2.75) is 0 Å². The number of hydrogen-bond donors (Lipinski definition) is 3. The van der Waals surface area contributed by atoms with Crippen molar-refractivity contribution in [2.75, 3.05) is 5.09 Å². The molecular weight excluding hydrogens is 413 g/mol. The maximum atomic E-state index is 14.5. The fourth-order valence-corrected chi connectivity index (χ4v) is 5.77. The number of aromatic carboxylic acids is 2. The minimum Gasteiger partial charge on any atom is -0.478 e. The van der Waals surface area contributed by atoms with Gasteiger partial charge in [-0.3, -0.25) is 4.57 Å². The van der Waals surface area contributed by atoms with Crippen LogP contribution in [0.2, 0.25) is 0 Å². The topological polar surface area (TPSA) is 104 Å². The van der Waals surface area contributed by atoms with Crippen LogP contribution >= 0.6 is 7.29 Å². The van der Waals surface area contributed by atoms with Gasteiger partial charge in [-0.05, 0) is 41.8 Å². The number of hydrogen-bond acceptors (Lipinski definition) is 3. The Kier molecular flexibility index (Phi) is 5.32. The second kappa shape index (κ2) is 8.09. The lowest BCUT2D eigenvalue weighted by Crippen LogP contribution is -2.24. The number of fused-ring (bicyclic) bond motifs is 1. The summed E-state index contributed by atoms with van der Waals surface area (Å²) in [5, 5.41) is 24.4. The molecule has 0 heterocycles. The Hall–Kier alpha value is -3.89. The van der Waals surface area contributed by atoms with Crippen molar-refractivity contribution in [1.29, 1.82) is 0 Å². The smallest absolute Gasteiger partial charge is 0.335 e. The molecule has 0 radical (unpaired) electrons. The van der Waals surface area contributed by atoms with Gasteiger partial charge in [-0.2, -0.15) is 0 Å². The second-order valence-corrected chi connectivity index (χ2v) is 9.44. The molecule has 1 unspecified atom stereocenters. The summed E-state index contributed by atoms with van der Waals surface area (Å²) < 4.78 is 14.5. The fourth-order valence-electron chi connectivity index (χ4n) is 3.45. The molecule has 7 heteroatoms. The van der Waals surface area contributed by atoms with Crippen LogP contribution in [-0.4, -0.2) is 22.2 Å². The Morgan fingerprint density at radius 3 is 1.90 bits per heavy atom. The van der Waals surface area contributed by atoms with Gasteiger partial charge in [-0.15, -0.1) is 0 Å². The molecule has 154 valence electrons. The average Bonchev–Trinajstić information content (AvgIpc) is 2.79. The molecule has 0 amide bonds. The SMILES string of the molecule is O=C(O)c1cc(C(=O)O)cc(P(=O)(Nc2cccc3ccccc23)c2ccccc2)c1. The van der Waals surface area contributed by atoms with Gasteiger partial charge in [0.2, 0.25) is 7.29 Å². The van der Waals surface area contributed by atoms with E-state index < -0.39 is 19.2 Å². The number of nitrogens with one attached hydrogen (secondary N) is 1. The number of carboxylic acids is 2. The molecule has 0 aliphatic rings. The van der Waals surface area contributed by atoms with Gasteiger partial charge >= 0.3 is 11.9 Å². The number of carbonyl (C=O) groups is 2. The zero-order chi connectivity index (χ0) is 22.0. The first-order valence-electron chi connectivity index (χ1n) is 9.42. The minimum atomic E-state index is -3.66. The lowest BCUT2D eigenvalue weighted by atomic mass is 10.1. The van der Waals surface area contributed by atoms with E-state index in [1.807, 2.05) is 36.4 Å². The predicted molar refractivity (Wildman–Crippen MR) is 121 cm³/mol. The van der Waals surface area contributed by atoms with Crippen LogP contribution in [0, 0.1) is 0 Å². The van der Waals surface area contributed by atoms with Crippen molar-refractivity contribution in [2.24, 2.45) is 0 Å². The maximum absolute atomic E-state index is 14.5. The average molecular weight is 431 g/mol. The predicted octanol–water partition coefficient (Wildman–Crippen LogP) is 4.58. The van der Waals surface area contributed by atoms with Gasteiger partial charge in [0.15, 0.2) is 0 Å². The molecule has 0 aliphatic heterocycles. The first-order chi connectivity index (χ1) is 14.9. The Morgan fingerprint density at radius 2 is 1.26 bits per heavy atom. The first kappa shape index (κ1) is 20.4. The van der Waals surface area contributed by atoms with Crippen molar-refractivity contribution in [3.05, 3.63) is 102 Å². The van der Waals surface area contributed by atoms with Crippen LogP contribution in [0.25, 0.3) is 10.8 Å². The van der Waals surface area contributed by atoms with Gasteiger partial charge in [-0.25, -0.2) is 9.59 Å². The highest BCUT2D eigenvalue weighted by molar-refractivity contribution is 7.80. The van der Waals surface area contributed by atoms with Gasteiger partial charge in [0.1, 0.15) is 0 Å². The van der Waals surface area contributed by atoms with E-state index in [1.54, 1.807) is 36.4 Å². The van der Waals surface area contributed by atoms with Gasteiger partial charge in [-0.1, -0.05) is 54.6 Å². The summed E-state index contributed by atoms with van der Waals surface area (Å²) in [6, 6.07) is 25.3.